The third-order valence-electron chi connectivity index (χ3n) is 3.84. The number of likely N-dealkylation sites (tertiary alicyclic amines) is 1. The number of amides is 1. The van der Waals surface area contributed by atoms with E-state index in [1.165, 1.54) is 0 Å². The van der Waals surface area contributed by atoms with Crippen molar-refractivity contribution in [2.45, 2.75) is 39.2 Å². The maximum absolute atomic E-state index is 12.1. The van der Waals surface area contributed by atoms with Gasteiger partial charge in [0.1, 0.15) is 5.82 Å². The second kappa shape index (κ2) is 6.70. The van der Waals surface area contributed by atoms with Gasteiger partial charge >= 0.3 is 0 Å². The van der Waals surface area contributed by atoms with Crippen LogP contribution in [0.3, 0.4) is 0 Å². The van der Waals surface area contributed by atoms with E-state index in [2.05, 4.69) is 9.55 Å². The summed E-state index contributed by atoms with van der Waals surface area (Å²) < 4.78 is 2.07. The summed E-state index contributed by atoms with van der Waals surface area (Å²) in [6.07, 6.45) is 7.20. The van der Waals surface area contributed by atoms with Crippen molar-refractivity contribution in [3.05, 3.63) is 18.2 Å². The quantitative estimate of drug-likeness (QED) is 0.870. The molecule has 1 aliphatic heterocycles. The fourth-order valence-electron chi connectivity index (χ4n) is 2.64. The lowest BCUT2D eigenvalue weighted by molar-refractivity contribution is -0.133. The second-order valence-corrected chi connectivity index (χ2v) is 5.30. The highest BCUT2D eigenvalue weighted by Gasteiger charge is 2.22. The van der Waals surface area contributed by atoms with Gasteiger partial charge in [0, 0.05) is 45.1 Å². The van der Waals surface area contributed by atoms with E-state index in [1.54, 1.807) is 6.20 Å². The van der Waals surface area contributed by atoms with Gasteiger partial charge in [0.25, 0.3) is 0 Å². The zero-order valence-electron chi connectivity index (χ0n) is 11.6. The van der Waals surface area contributed by atoms with E-state index in [-0.39, 0.29) is 18.4 Å². The van der Waals surface area contributed by atoms with Crippen molar-refractivity contribution in [3.63, 3.8) is 0 Å². The molecular weight excluding hydrogens is 242 g/mol. The maximum atomic E-state index is 12.1. The van der Waals surface area contributed by atoms with Gasteiger partial charge in [-0.25, -0.2) is 4.98 Å². The van der Waals surface area contributed by atoms with E-state index in [1.807, 2.05) is 18.0 Å². The molecule has 19 heavy (non-hydrogen) atoms. The SMILES string of the molecule is Cc1nccn1CCCC(=O)N1CCCC(CO)C1. The van der Waals surface area contributed by atoms with Crippen LogP contribution in [0, 0.1) is 12.8 Å². The minimum Gasteiger partial charge on any atom is -0.396 e. The predicted molar refractivity (Wildman–Crippen MR) is 72.6 cm³/mol. The summed E-state index contributed by atoms with van der Waals surface area (Å²) in [4.78, 5) is 18.2. The Kier molecular flexibility index (Phi) is 4.96. The first-order valence-corrected chi connectivity index (χ1v) is 7.07. The molecule has 0 spiro atoms. The number of hydrogen-bond acceptors (Lipinski definition) is 3. The largest absolute Gasteiger partial charge is 0.396 e. The first-order valence-electron chi connectivity index (χ1n) is 7.07. The van der Waals surface area contributed by atoms with Crippen LogP contribution in [0.15, 0.2) is 12.4 Å². The molecule has 5 nitrogen and oxygen atoms in total. The Balaban J connectivity index is 1.73. The third kappa shape index (κ3) is 3.80. The lowest BCUT2D eigenvalue weighted by Gasteiger charge is -2.32. The predicted octanol–water partition coefficient (Wildman–Crippen LogP) is 1.20. The van der Waals surface area contributed by atoms with Crippen LogP contribution < -0.4 is 0 Å². The van der Waals surface area contributed by atoms with Crippen LogP contribution in [0.25, 0.3) is 0 Å². The Hall–Kier alpha value is -1.36. The molecular formula is C14H23N3O2. The summed E-state index contributed by atoms with van der Waals surface area (Å²) in [6, 6.07) is 0. The van der Waals surface area contributed by atoms with Crippen LogP contribution in [0.1, 0.15) is 31.5 Å². The van der Waals surface area contributed by atoms with E-state index in [0.29, 0.717) is 6.42 Å². The zero-order chi connectivity index (χ0) is 13.7. The molecule has 1 aromatic heterocycles. The molecule has 5 heteroatoms. The average molecular weight is 265 g/mol. The second-order valence-electron chi connectivity index (χ2n) is 5.30. The topological polar surface area (TPSA) is 58.4 Å². The van der Waals surface area contributed by atoms with Gasteiger partial charge in [-0.05, 0) is 32.1 Å². The van der Waals surface area contributed by atoms with Gasteiger partial charge < -0.3 is 14.6 Å². The third-order valence-corrected chi connectivity index (χ3v) is 3.84. The van der Waals surface area contributed by atoms with Crippen LogP contribution in [0.5, 0.6) is 0 Å². The number of rotatable bonds is 5. The summed E-state index contributed by atoms with van der Waals surface area (Å²) in [7, 11) is 0. The standard InChI is InChI=1S/C14H23N3O2/c1-12-15-6-9-16(12)7-3-5-14(19)17-8-2-4-13(10-17)11-18/h6,9,13,18H,2-5,7-8,10-11H2,1H3. The Morgan fingerprint density at radius 3 is 3.11 bits per heavy atom. The fourth-order valence-corrected chi connectivity index (χ4v) is 2.64. The molecule has 0 aliphatic carbocycles. The summed E-state index contributed by atoms with van der Waals surface area (Å²) in [6.45, 7) is 4.57. The van der Waals surface area contributed by atoms with Gasteiger partial charge in [-0.2, -0.15) is 0 Å². The molecule has 1 aromatic rings. The summed E-state index contributed by atoms with van der Waals surface area (Å²) in [5.41, 5.74) is 0. The van der Waals surface area contributed by atoms with Crippen molar-refractivity contribution in [3.8, 4) is 0 Å². The first kappa shape index (κ1) is 14.1. The number of imidazole rings is 1. The molecule has 1 saturated heterocycles. The maximum Gasteiger partial charge on any atom is 0.222 e. The minimum absolute atomic E-state index is 0.192. The average Bonchev–Trinajstić information content (AvgIpc) is 2.84. The lowest BCUT2D eigenvalue weighted by Crippen LogP contribution is -2.40. The molecule has 1 atom stereocenters. The van der Waals surface area contributed by atoms with Crippen LogP contribution in [0.2, 0.25) is 0 Å². The molecule has 1 unspecified atom stereocenters. The lowest BCUT2D eigenvalue weighted by atomic mass is 9.99. The van der Waals surface area contributed by atoms with Crippen molar-refractivity contribution in [1.29, 1.82) is 0 Å². The number of aryl methyl sites for hydroxylation is 2. The summed E-state index contributed by atoms with van der Waals surface area (Å²) >= 11 is 0. The smallest absolute Gasteiger partial charge is 0.222 e. The Morgan fingerprint density at radius 2 is 2.42 bits per heavy atom. The monoisotopic (exact) mass is 265 g/mol. The molecule has 106 valence electrons. The number of carbonyl (C=O) groups excluding carboxylic acids is 1. The summed E-state index contributed by atoms with van der Waals surface area (Å²) in [5.74, 6) is 1.48. The van der Waals surface area contributed by atoms with Gasteiger partial charge in [0.15, 0.2) is 0 Å². The van der Waals surface area contributed by atoms with E-state index in [9.17, 15) is 9.90 Å². The molecule has 1 N–H and O–H groups in total. The van der Waals surface area contributed by atoms with Crippen LogP contribution in [-0.2, 0) is 11.3 Å². The van der Waals surface area contributed by atoms with E-state index >= 15 is 0 Å². The number of aliphatic hydroxyl groups is 1. The highest BCUT2D eigenvalue weighted by molar-refractivity contribution is 5.76. The molecule has 2 heterocycles. The number of aliphatic hydroxyl groups excluding tert-OH is 1. The highest BCUT2D eigenvalue weighted by Crippen LogP contribution is 2.17. The molecule has 1 aliphatic rings. The van der Waals surface area contributed by atoms with Gasteiger partial charge in [0.05, 0.1) is 0 Å². The van der Waals surface area contributed by atoms with Crippen molar-refractivity contribution < 1.29 is 9.90 Å². The van der Waals surface area contributed by atoms with E-state index < -0.39 is 0 Å². The minimum atomic E-state index is 0.192. The zero-order valence-corrected chi connectivity index (χ0v) is 11.6. The molecule has 0 saturated carbocycles. The highest BCUT2D eigenvalue weighted by atomic mass is 16.3. The van der Waals surface area contributed by atoms with Gasteiger partial charge in [-0.3, -0.25) is 4.79 Å². The summed E-state index contributed by atoms with van der Waals surface area (Å²) in [5, 5.41) is 9.17. The Labute approximate surface area is 114 Å². The van der Waals surface area contributed by atoms with Crippen molar-refractivity contribution in [2.75, 3.05) is 19.7 Å². The van der Waals surface area contributed by atoms with Crippen molar-refractivity contribution in [1.82, 2.24) is 14.5 Å². The molecule has 2 rings (SSSR count). The normalized spacial score (nSPS) is 19.7. The van der Waals surface area contributed by atoms with Gasteiger partial charge in [-0.1, -0.05) is 0 Å². The van der Waals surface area contributed by atoms with Gasteiger partial charge in [-0.15, -0.1) is 0 Å². The van der Waals surface area contributed by atoms with Crippen LogP contribution in [0.4, 0.5) is 0 Å². The van der Waals surface area contributed by atoms with Crippen molar-refractivity contribution in [2.24, 2.45) is 5.92 Å². The van der Waals surface area contributed by atoms with Gasteiger partial charge in [0.2, 0.25) is 5.91 Å². The first-order chi connectivity index (χ1) is 9.20. The number of aromatic nitrogens is 2. The van der Waals surface area contributed by atoms with Crippen LogP contribution >= 0.6 is 0 Å². The Morgan fingerprint density at radius 1 is 1.58 bits per heavy atom. The number of nitrogens with zero attached hydrogens (tertiary/aromatic N) is 3. The Bertz CT molecular complexity index is 417. The molecule has 0 aromatic carbocycles. The van der Waals surface area contributed by atoms with Crippen molar-refractivity contribution >= 4 is 5.91 Å². The molecule has 0 radical (unpaired) electrons. The number of piperidine rings is 1. The fraction of sp³-hybridized carbons (Fsp3) is 0.714. The van der Waals surface area contributed by atoms with E-state index in [0.717, 1.165) is 44.7 Å². The molecule has 1 fully saturated rings. The number of hydrogen-bond donors (Lipinski definition) is 1. The van der Waals surface area contributed by atoms with E-state index in [4.69, 9.17) is 0 Å². The number of carbonyl (C=O) groups is 1. The molecule has 1 amide bonds. The van der Waals surface area contributed by atoms with Crippen LogP contribution in [-0.4, -0.2) is 45.2 Å². The molecule has 0 bridgehead atoms.